The zero-order valence-electron chi connectivity index (χ0n) is 11.1. The van der Waals surface area contributed by atoms with Crippen LogP contribution in [0.5, 0.6) is 5.75 Å². The fourth-order valence-electron chi connectivity index (χ4n) is 2.89. The molecule has 3 heteroatoms. The summed E-state index contributed by atoms with van der Waals surface area (Å²) in [5.41, 5.74) is 0. The van der Waals surface area contributed by atoms with Crippen molar-refractivity contribution in [2.45, 2.75) is 25.0 Å². The Labute approximate surface area is 109 Å². The van der Waals surface area contributed by atoms with Crippen LogP contribution < -0.4 is 4.74 Å². The molecule has 0 amide bonds. The lowest BCUT2D eigenvalue weighted by Gasteiger charge is -2.46. The predicted molar refractivity (Wildman–Crippen MR) is 73.0 cm³/mol. The van der Waals surface area contributed by atoms with Crippen LogP contribution in [0.25, 0.3) is 0 Å². The Morgan fingerprint density at radius 3 is 2.39 bits per heavy atom. The highest BCUT2D eigenvalue weighted by molar-refractivity contribution is 5.21. The maximum Gasteiger partial charge on any atom is 0.124 e. The summed E-state index contributed by atoms with van der Waals surface area (Å²) in [6, 6.07) is 11.0. The zero-order chi connectivity index (χ0) is 12.4. The van der Waals surface area contributed by atoms with Crippen molar-refractivity contribution in [2.24, 2.45) is 0 Å². The largest absolute Gasteiger partial charge is 0.488 e. The van der Waals surface area contributed by atoms with Crippen LogP contribution in [0.4, 0.5) is 0 Å². The molecule has 0 aliphatic carbocycles. The number of piperidine rings is 1. The van der Waals surface area contributed by atoms with Crippen molar-refractivity contribution >= 4 is 0 Å². The molecule has 3 nitrogen and oxygen atoms in total. The molecule has 98 valence electrons. The number of ether oxygens (including phenoxy) is 1. The third-order valence-electron chi connectivity index (χ3n) is 4.13. The smallest absolute Gasteiger partial charge is 0.124 e. The number of hydrogen-bond donors (Lipinski definition) is 0. The highest BCUT2D eigenvalue weighted by atomic mass is 16.5. The van der Waals surface area contributed by atoms with E-state index in [0.29, 0.717) is 6.10 Å². The topological polar surface area (TPSA) is 15.7 Å². The second kappa shape index (κ2) is 5.29. The fraction of sp³-hybridized carbons (Fsp3) is 0.600. The lowest BCUT2D eigenvalue weighted by atomic mass is 9.99. The van der Waals surface area contributed by atoms with Gasteiger partial charge in [-0.15, -0.1) is 0 Å². The Morgan fingerprint density at radius 2 is 1.72 bits per heavy atom. The summed E-state index contributed by atoms with van der Waals surface area (Å²) in [6.07, 6.45) is 3.02. The minimum absolute atomic E-state index is 0.395. The van der Waals surface area contributed by atoms with Gasteiger partial charge >= 0.3 is 0 Å². The summed E-state index contributed by atoms with van der Waals surface area (Å²) in [6.45, 7) is 4.68. The predicted octanol–water partition coefficient (Wildman–Crippen LogP) is 1.84. The molecule has 2 aliphatic rings. The van der Waals surface area contributed by atoms with Crippen LogP contribution >= 0.6 is 0 Å². The van der Waals surface area contributed by atoms with Crippen molar-refractivity contribution in [3.05, 3.63) is 30.3 Å². The lowest BCUT2D eigenvalue weighted by molar-refractivity contribution is -0.0246. The summed E-state index contributed by atoms with van der Waals surface area (Å²) in [5.74, 6) is 1.01. The molecule has 18 heavy (non-hydrogen) atoms. The van der Waals surface area contributed by atoms with Crippen molar-refractivity contribution in [2.75, 3.05) is 33.2 Å². The van der Waals surface area contributed by atoms with Gasteiger partial charge in [0, 0.05) is 19.1 Å². The third-order valence-corrected chi connectivity index (χ3v) is 4.13. The van der Waals surface area contributed by atoms with Gasteiger partial charge in [-0.25, -0.2) is 0 Å². The Morgan fingerprint density at radius 1 is 1.06 bits per heavy atom. The molecule has 1 aromatic rings. The average molecular weight is 246 g/mol. The second-order valence-corrected chi connectivity index (χ2v) is 5.54. The lowest BCUT2D eigenvalue weighted by Crippen LogP contribution is -2.59. The number of rotatable bonds is 3. The molecule has 2 aliphatic heterocycles. The quantitative estimate of drug-likeness (QED) is 0.809. The Kier molecular flexibility index (Phi) is 3.52. The first kappa shape index (κ1) is 12.0. The fourth-order valence-corrected chi connectivity index (χ4v) is 2.89. The number of para-hydroxylation sites is 1. The van der Waals surface area contributed by atoms with E-state index in [0.717, 1.165) is 24.9 Å². The maximum absolute atomic E-state index is 5.94. The Hall–Kier alpha value is -1.06. The van der Waals surface area contributed by atoms with Crippen molar-refractivity contribution in [3.8, 4) is 5.75 Å². The van der Waals surface area contributed by atoms with E-state index in [1.165, 1.54) is 25.9 Å². The first-order valence-electron chi connectivity index (χ1n) is 6.95. The van der Waals surface area contributed by atoms with Gasteiger partial charge in [-0.2, -0.15) is 0 Å². The van der Waals surface area contributed by atoms with Crippen LogP contribution in [0.3, 0.4) is 0 Å². The summed E-state index contributed by atoms with van der Waals surface area (Å²) >= 11 is 0. The maximum atomic E-state index is 5.94. The van der Waals surface area contributed by atoms with Gasteiger partial charge in [0.1, 0.15) is 11.9 Å². The molecule has 2 saturated heterocycles. The van der Waals surface area contributed by atoms with E-state index in [9.17, 15) is 0 Å². The molecule has 0 saturated carbocycles. The van der Waals surface area contributed by atoms with Crippen LogP contribution in [0.2, 0.25) is 0 Å². The molecule has 0 aromatic heterocycles. The minimum Gasteiger partial charge on any atom is -0.488 e. The van der Waals surface area contributed by atoms with Crippen LogP contribution in [0, 0.1) is 0 Å². The van der Waals surface area contributed by atoms with E-state index in [1.54, 1.807) is 0 Å². The van der Waals surface area contributed by atoms with E-state index in [2.05, 4.69) is 16.8 Å². The average Bonchev–Trinajstić information content (AvgIpc) is 2.36. The van der Waals surface area contributed by atoms with E-state index < -0.39 is 0 Å². The molecule has 0 N–H and O–H groups in total. The minimum atomic E-state index is 0.395. The van der Waals surface area contributed by atoms with E-state index in [-0.39, 0.29) is 0 Å². The molecule has 2 fully saturated rings. The molecule has 0 radical (unpaired) electrons. The molecule has 0 spiro atoms. The molecule has 0 atom stereocenters. The van der Waals surface area contributed by atoms with Crippen molar-refractivity contribution < 1.29 is 4.74 Å². The first-order valence-corrected chi connectivity index (χ1v) is 6.95. The Balaban J connectivity index is 1.43. The summed E-state index contributed by atoms with van der Waals surface area (Å²) in [4.78, 5) is 5.01. The van der Waals surface area contributed by atoms with Crippen LogP contribution in [-0.4, -0.2) is 55.2 Å². The SMILES string of the molecule is CN1CCC(N2CC(Oc3ccccc3)C2)CC1. The van der Waals surface area contributed by atoms with Crippen LogP contribution in [0.15, 0.2) is 30.3 Å². The van der Waals surface area contributed by atoms with Crippen molar-refractivity contribution in [1.82, 2.24) is 9.80 Å². The highest BCUT2D eigenvalue weighted by Gasteiger charge is 2.34. The number of hydrogen-bond acceptors (Lipinski definition) is 3. The van der Waals surface area contributed by atoms with Gasteiger partial charge < -0.3 is 9.64 Å². The summed E-state index contributed by atoms with van der Waals surface area (Å²) in [7, 11) is 2.22. The van der Waals surface area contributed by atoms with Crippen LogP contribution in [0.1, 0.15) is 12.8 Å². The van der Waals surface area contributed by atoms with Gasteiger partial charge in [0.15, 0.2) is 0 Å². The highest BCUT2D eigenvalue weighted by Crippen LogP contribution is 2.24. The number of benzene rings is 1. The first-order chi connectivity index (χ1) is 8.81. The van der Waals surface area contributed by atoms with Gasteiger partial charge in [-0.1, -0.05) is 18.2 Å². The number of likely N-dealkylation sites (tertiary alicyclic amines) is 2. The van der Waals surface area contributed by atoms with Gasteiger partial charge in [0.05, 0.1) is 0 Å². The van der Waals surface area contributed by atoms with Gasteiger partial charge in [-0.05, 0) is 45.1 Å². The molecule has 3 rings (SSSR count). The van der Waals surface area contributed by atoms with Crippen molar-refractivity contribution in [3.63, 3.8) is 0 Å². The van der Waals surface area contributed by atoms with E-state index >= 15 is 0 Å². The molecule has 0 bridgehead atoms. The Bertz CT molecular complexity index is 367. The monoisotopic (exact) mass is 246 g/mol. The van der Waals surface area contributed by atoms with Crippen molar-refractivity contribution in [1.29, 1.82) is 0 Å². The zero-order valence-corrected chi connectivity index (χ0v) is 11.1. The molecule has 2 heterocycles. The van der Waals surface area contributed by atoms with E-state index in [4.69, 9.17) is 4.74 Å². The number of nitrogens with zero attached hydrogens (tertiary/aromatic N) is 2. The van der Waals surface area contributed by atoms with Crippen LogP contribution in [-0.2, 0) is 0 Å². The molecular formula is C15H22N2O. The molecular weight excluding hydrogens is 224 g/mol. The van der Waals surface area contributed by atoms with E-state index in [1.807, 2.05) is 30.3 Å². The standard InChI is InChI=1S/C15H22N2O/c1-16-9-7-13(8-10-16)17-11-15(12-17)18-14-5-3-2-4-6-14/h2-6,13,15H,7-12H2,1H3. The summed E-state index contributed by atoms with van der Waals surface area (Å²) < 4.78 is 5.94. The molecule has 1 aromatic carbocycles. The third kappa shape index (κ3) is 2.68. The van der Waals surface area contributed by atoms with Gasteiger partial charge in [0.25, 0.3) is 0 Å². The summed E-state index contributed by atoms with van der Waals surface area (Å²) in [5, 5.41) is 0. The van der Waals surface area contributed by atoms with Gasteiger partial charge in [0.2, 0.25) is 0 Å². The second-order valence-electron chi connectivity index (χ2n) is 5.54. The molecule has 0 unspecified atom stereocenters. The van der Waals surface area contributed by atoms with Gasteiger partial charge in [-0.3, -0.25) is 4.90 Å². The normalized spacial score (nSPS) is 23.8.